The van der Waals surface area contributed by atoms with Gasteiger partial charge in [0.25, 0.3) is 5.91 Å². The van der Waals surface area contributed by atoms with E-state index in [0.717, 1.165) is 47.4 Å². The van der Waals surface area contributed by atoms with Crippen molar-refractivity contribution in [3.8, 4) is 0 Å². The molecule has 1 amide bonds. The maximum absolute atomic E-state index is 12.9. The van der Waals surface area contributed by atoms with E-state index in [-0.39, 0.29) is 5.91 Å². The molecule has 1 fully saturated rings. The van der Waals surface area contributed by atoms with Gasteiger partial charge in [-0.2, -0.15) is 5.10 Å². The van der Waals surface area contributed by atoms with Gasteiger partial charge in [0.15, 0.2) is 5.69 Å². The zero-order chi connectivity index (χ0) is 22.5. The molecule has 1 saturated heterocycles. The number of carbonyl (C=O) groups excluding carboxylic acids is 1. The third-order valence-electron chi connectivity index (χ3n) is 5.62. The molecular formula is C25H26ClN5O. The van der Waals surface area contributed by atoms with Gasteiger partial charge in [-0.25, -0.2) is 0 Å². The SMILES string of the molecule is C=N/C=C(Cl)\C=C(/C)c1ccc2[nH]nc(C(=O)Nc3ccc(CN4CCCC4)cc3)c2c1. The van der Waals surface area contributed by atoms with Crippen molar-refractivity contribution in [2.75, 3.05) is 18.4 Å². The summed E-state index contributed by atoms with van der Waals surface area (Å²) in [5.41, 5.74) is 5.03. The number of amides is 1. The molecule has 0 saturated carbocycles. The van der Waals surface area contributed by atoms with E-state index in [1.807, 2.05) is 37.3 Å². The van der Waals surface area contributed by atoms with Crippen LogP contribution in [0.3, 0.4) is 0 Å². The number of aromatic amines is 1. The molecule has 164 valence electrons. The van der Waals surface area contributed by atoms with Crippen molar-refractivity contribution in [2.24, 2.45) is 4.99 Å². The molecular weight excluding hydrogens is 422 g/mol. The summed E-state index contributed by atoms with van der Waals surface area (Å²) in [6.45, 7) is 8.63. The Morgan fingerprint density at radius 3 is 2.72 bits per heavy atom. The molecule has 7 heteroatoms. The van der Waals surface area contributed by atoms with Gasteiger partial charge in [0, 0.05) is 23.8 Å². The van der Waals surface area contributed by atoms with Crippen LogP contribution in [0, 0.1) is 0 Å². The number of rotatable bonds is 7. The minimum atomic E-state index is -0.254. The van der Waals surface area contributed by atoms with E-state index in [4.69, 9.17) is 11.6 Å². The molecule has 3 aromatic rings. The lowest BCUT2D eigenvalue weighted by Crippen LogP contribution is -2.18. The summed E-state index contributed by atoms with van der Waals surface area (Å²) in [7, 11) is 0. The quantitative estimate of drug-likeness (QED) is 0.366. The Morgan fingerprint density at radius 2 is 2.00 bits per heavy atom. The van der Waals surface area contributed by atoms with Gasteiger partial charge in [-0.3, -0.25) is 19.8 Å². The molecule has 0 aliphatic carbocycles. The second-order valence-electron chi connectivity index (χ2n) is 7.99. The number of carbonyl (C=O) groups is 1. The largest absolute Gasteiger partial charge is 0.321 e. The van der Waals surface area contributed by atoms with Gasteiger partial charge >= 0.3 is 0 Å². The number of halogens is 1. The molecule has 2 heterocycles. The Bertz CT molecular complexity index is 1190. The summed E-state index contributed by atoms with van der Waals surface area (Å²) < 4.78 is 0. The highest BCUT2D eigenvalue weighted by Gasteiger charge is 2.16. The molecule has 0 radical (unpaired) electrons. The Kier molecular flexibility index (Phi) is 6.83. The number of nitrogens with zero attached hydrogens (tertiary/aromatic N) is 3. The highest BCUT2D eigenvalue weighted by atomic mass is 35.5. The predicted molar refractivity (Wildman–Crippen MR) is 132 cm³/mol. The Balaban J connectivity index is 1.50. The molecule has 0 unspecified atom stereocenters. The minimum absolute atomic E-state index is 0.254. The topological polar surface area (TPSA) is 73.4 Å². The molecule has 2 aromatic carbocycles. The fourth-order valence-corrected chi connectivity index (χ4v) is 4.16. The molecule has 0 bridgehead atoms. The van der Waals surface area contributed by atoms with Crippen LogP contribution in [0.15, 0.2) is 64.8 Å². The summed E-state index contributed by atoms with van der Waals surface area (Å²) in [6.07, 6.45) is 5.84. The van der Waals surface area contributed by atoms with Crippen LogP contribution in [0.4, 0.5) is 5.69 Å². The summed E-state index contributed by atoms with van der Waals surface area (Å²) >= 11 is 6.12. The average Bonchev–Trinajstić information content (AvgIpc) is 3.44. The number of anilines is 1. The van der Waals surface area contributed by atoms with Crippen LogP contribution >= 0.6 is 11.6 Å². The molecule has 1 aliphatic rings. The lowest BCUT2D eigenvalue weighted by atomic mass is 10.0. The second kappa shape index (κ2) is 9.94. The number of aromatic nitrogens is 2. The number of hydrogen-bond acceptors (Lipinski definition) is 4. The Labute approximate surface area is 192 Å². The maximum atomic E-state index is 12.9. The molecule has 1 aromatic heterocycles. The van der Waals surface area contributed by atoms with E-state index < -0.39 is 0 Å². The zero-order valence-corrected chi connectivity index (χ0v) is 18.8. The van der Waals surface area contributed by atoms with Crippen LogP contribution in [-0.2, 0) is 6.54 Å². The van der Waals surface area contributed by atoms with Crippen molar-refractivity contribution in [2.45, 2.75) is 26.3 Å². The lowest BCUT2D eigenvalue weighted by molar-refractivity contribution is 0.102. The molecule has 0 spiro atoms. The van der Waals surface area contributed by atoms with Crippen molar-refractivity contribution in [3.63, 3.8) is 0 Å². The molecule has 6 nitrogen and oxygen atoms in total. The number of allylic oxidation sites excluding steroid dienone is 3. The van der Waals surface area contributed by atoms with Gasteiger partial charge in [-0.05, 0) is 86.6 Å². The number of fused-ring (bicyclic) bond motifs is 1. The fraction of sp³-hybridized carbons (Fsp3) is 0.240. The first-order valence-electron chi connectivity index (χ1n) is 10.6. The first-order chi connectivity index (χ1) is 15.5. The van der Waals surface area contributed by atoms with Crippen molar-refractivity contribution >= 4 is 46.4 Å². The third-order valence-corrected chi connectivity index (χ3v) is 5.83. The number of H-pyrrole nitrogens is 1. The highest BCUT2D eigenvalue weighted by Crippen LogP contribution is 2.25. The van der Waals surface area contributed by atoms with E-state index in [1.165, 1.54) is 24.6 Å². The number of hydrogen-bond donors (Lipinski definition) is 2. The minimum Gasteiger partial charge on any atom is -0.321 e. The number of nitrogens with one attached hydrogen (secondary N) is 2. The van der Waals surface area contributed by atoms with Crippen LogP contribution < -0.4 is 5.32 Å². The van der Waals surface area contributed by atoms with E-state index in [2.05, 4.69) is 44.3 Å². The lowest BCUT2D eigenvalue weighted by Gasteiger charge is -2.14. The monoisotopic (exact) mass is 447 g/mol. The van der Waals surface area contributed by atoms with Gasteiger partial charge in [0.2, 0.25) is 0 Å². The molecule has 2 N–H and O–H groups in total. The predicted octanol–water partition coefficient (Wildman–Crippen LogP) is 5.60. The number of benzene rings is 2. The fourth-order valence-electron chi connectivity index (χ4n) is 3.93. The number of aliphatic imine (C=N–C) groups is 1. The highest BCUT2D eigenvalue weighted by molar-refractivity contribution is 6.31. The summed E-state index contributed by atoms with van der Waals surface area (Å²) in [5.74, 6) is -0.254. The van der Waals surface area contributed by atoms with Crippen LogP contribution in [0.1, 0.15) is 41.4 Å². The zero-order valence-electron chi connectivity index (χ0n) is 18.1. The van der Waals surface area contributed by atoms with Crippen molar-refractivity contribution in [1.29, 1.82) is 0 Å². The summed E-state index contributed by atoms with van der Waals surface area (Å²) in [5, 5.41) is 11.4. The van der Waals surface area contributed by atoms with E-state index >= 15 is 0 Å². The van der Waals surface area contributed by atoms with Gasteiger partial charge in [-0.1, -0.05) is 29.8 Å². The van der Waals surface area contributed by atoms with E-state index in [0.29, 0.717) is 10.7 Å². The molecule has 4 rings (SSSR count). The van der Waals surface area contributed by atoms with Gasteiger partial charge in [-0.15, -0.1) is 0 Å². The van der Waals surface area contributed by atoms with E-state index in [9.17, 15) is 4.79 Å². The van der Waals surface area contributed by atoms with Crippen LogP contribution in [0.2, 0.25) is 0 Å². The van der Waals surface area contributed by atoms with Crippen molar-refractivity contribution in [1.82, 2.24) is 15.1 Å². The first-order valence-corrected chi connectivity index (χ1v) is 11.0. The van der Waals surface area contributed by atoms with Gasteiger partial charge in [0.05, 0.1) is 10.5 Å². The number of likely N-dealkylation sites (tertiary alicyclic amines) is 1. The van der Waals surface area contributed by atoms with Crippen LogP contribution in [0.25, 0.3) is 16.5 Å². The van der Waals surface area contributed by atoms with Crippen LogP contribution in [0.5, 0.6) is 0 Å². The smallest absolute Gasteiger partial charge is 0.276 e. The van der Waals surface area contributed by atoms with Crippen LogP contribution in [-0.4, -0.2) is 40.8 Å². The summed E-state index contributed by atoms with van der Waals surface area (Å²) in [4.78, 5) is 19.1. The standard InChI is InChI=1S/C25H26ClN5O/c1-17(13-20(26)15-27-2)19-7-10-23-22(14-19)24(30-29-23)25(32)28-21-8-5-18(6-9-21)16-31-11-3-4-12-31/h5-10,13-15H,2-4,11-12,16H2,1H3,(H,28,32)(H,29,30)/b17-13+,20-15+. The molecule has 32 heavy (non-hydrogen) atoms. The summed E-state index contributed by atoms with van der Waals surface area (Å²) in [6, 6.07) is 13.8. The Hall–Kier alpha value is -3.22. The second-order valence-corrected chi connectivity index (χ2v) is 8.43. The third kappa shape index (κ3) is 5.15. The van der Waals surface area contributed by atoms with E-state index in [1.54, 1.807) is 6.08 Å². The van der Waals surface area contributed by atoms with Crippen molar-refractivity contribution in [3.05, 3.63) is 76.6 Å². The normalized spacial score (nSPS) is 15.3. The molecule has 0 atom stereocenters. The maximum Gasteiger partial charge on any atom is 0.276 e. The Morgan fingerprint density at radius 1 is 1.25 bits per heavy atom. The average molecular weight is 448 g/mol. The van der Waals surface area contributed by atoms with Gasteiger partial charge < -0.3 is 5.32 Å². The van der Waals surface area contributed by atoms with Gasteiger partial charge in [0.1, 0.15) is 0 Å². The van der Waals surface area contributed by atoms with Crippen molar-refractivity contribution < 1.29 is 4.79 Å². The molecule has 1 aliphatic heterocycles. The first kappa shape index (κ1) is 22.0.